The standard InChI is InChI=1S/C21H23N3O4/c25-19-13-28-12-18(24(19)11-14-3-4-14)20(26)15-5-7-17(8-6-15)23-21(27)16-2-1-9-22-10-16/h1-2,5-10,14,18,20,26H,3-4,11-13H2,(H,23,27)/t18-,20-/m1/s1. The quantitative estimate of drug-likeness (QED) is 0.799. The van der Waals surface area contributed by atoms with Crippen LogP contribution in [-0.4, -0.2) is 52.6 Å². The van der Waals surface area contributed by atoms with Crippen molar-refractivity contribution in [1.82, 2.24) is 9.88 Å². The van der Waals surface area contributed by atoms with Gasteiger partial charge in [0.2, 0.25) is 5.91 Å². The molecule has 1 saturated heterocycles. The predicted octanol–water partition coefficient (Wildman–Crippen LogP) is 2.00. The maximum atomic E-state index is 12.3. The van der Waals surface area contributed by atoms with Crippen LogP contribution in [0, 0.1) is 5.92 Å². The fraction of sp³-hybridized carbons (Fsp3) is 0.381. The molecular weight excluding hydrogens is 358 g/mol. The first-order valence-corrected chi connectivity index (χ1v) is 9.48. The zero-order chi connectivity index (χ0) is 19.5. The van der Waals surface area contributed by atoms with E-state index in [-0.39, 0.29) is 18.4 Å². The molecule has 0 unspecified atom stereocenters. The van der Waals surface area contributed by atoms with Crippen molar-refractivity contribution >= 4 is 17.5 Å². The van der Waals surface area contributed by atoms with Gasteiger partial charge >= 0.3 is 0 Å². The summed E-state index contributed by atoms with van der Waals surface area (Å²) >= 11 is 0. The van der Waals surface area contributed by atoms with Crippen molar-refractivity contribution in [2.75, 3.05) is 25.1 Å². The van der Waals surface area contributed by atoms with Crippen LogP contribution in [0.4, 0.5) is 5.69 Å². The summed E-state index contributed by atoms with van der Waals surface area (Å²) in [6, 6.07) is 10.0. The molecule has 7 nitrogen and oxygen atoms in total. The number of hydrogen-bond acceptors (Lipinski definition) is 5. The molecule has 2 heterocycles. The lowest BCUT2D eigenvalue weighted by Crippen LogP contribution is -2.52. The van der Waals surface area contributed by atoms with Gasteiger partial charge in [-0.1, -0.05) is 12.1 Å². The Balaban J connectivity index is 1.43. The number of rotatable bonds is 6. The van der Waals surface area contributed by atoms with Crippen LogP contribution in [0.25, 0.3) is 0 Å². The Morgan fingerprint density at radius 2 is 2.07 bits per heavy atom. The Morgan fingerprint density at radius 3 is 2.75 bits per heavy atom. The molecule has 1 aliphatic heterocycles. The highest BCUT2D eigenvalue weighted by atomic mass is 16.5. The summed E-state index contributed by atoms with van der Waals surface area (Å²) in [5, 5.41) is 13.7. The molecule has 4 rings (SSSR count). The molecule has 0 spiro atoms. The highest BCUT2D eigenvalue weighted by Crippen LogP contribution is 2.33. The van der Waals surface area contributed by atoms with Gasteiger partial charge in [-0.3, -0.25) is 14.6 Å². The Bertz CT molecular complexity index is 836. The van der Waals surface area contributed by atoms with Crippen molar-refractivity contribution < 1.29 is 19.4 Å². The molecule has 0 radical (unpaired) electrons. The van der Waals surface area contributed by atoms with Gasteiger partial charge in [-0.05, 0) is 48.6 Å². The second-order valence-corrected chi connectivity index (χ2v) is 7.33. The topological polar surface area (TPSA) is 91.8 Å². The number of nitrogens with one attached hydrogen (secondary N) is 1. The first kappa shape index (κ1) is 18.6. The third kappa shape index (κ3) is 4.21. The maximum Gasteiger partial charge on any atom is 0.257 e. The lowest BCUT2D eigenvalue weighted by molar-refractivity contribution is -0.154. The van der Waals surface area contributed by atoms with Gasteiger partial charge in [0, 0.05) is 24.6 Å². The number of pyridine rings is 1. The van der Waals surface area contributed by atoms with Crippen molar-refractivity contribution in [3.05, 3.63) is 59.9 Å². The van der Waals surface area contributed by atoms with Gasteiger partial charge in [-0.15, -0.1) is 0 Å². The van der Waals surface area contributed by atoms with E-state index in [1.165, 1.54) is 6.20 Å². The Labute approximate surface area is 163 Å². The first-order chi connectivity index (χ1) is 13.6. The summed E-state index contributed by atoms with van der Waals surface area (Å²) in [5.74, 6) is 0.229. The molecule has 2 aliphatic rings. The lowest BCUT2D eigenvalue weighted by Gasteiger charge is -2.38. The summed E-state index contributed by atoms with van der Waals surface area (Å²) in [4.78, 5) is 30.2. The second kappa shape index (κ2) is 8.08. The van der Waals surface area contributed by atoms with Crippen molar-refractivity contribution in [2.45, 2.75) is 25.0 Å². The molecule has 1 aromatic carbocycles. The minimum atomic E-state index is -0.842. The molecule has 28 heavy (non-hydrogen) atoms. The molecule has 2 aromatic rings. The van der Waals surface area contributed by atoms with Gasteiger partial charge in [0.1, 0.15) is 12.7 Å². The molecule has 1 saturated carbocycles. The number of amides is 2. The van der Waals surface area contributed by atoms with Crippen LogP contribution < -0.4 is 5.32 Å². The van der Waals surface area contributed by atoms with Gasteiger partial charge in [0.25, 0.3) is 5.91 Å². The van der Waals surface area contributed by atoms with Crippen LogP contribution in [0.5, 0.6) is 0 Å². The molecule has 2 amide bonds. The molecule has 2 N–H and O–H groups in total. The van der Waals surface area contributed by atoms with E-state index in [0.29, 0.717) is 35.9 Å². The summed E-state index contributed by atoms with van der Waals surface area (Å²) in [5.41, 5.74) is 1.78. The molecule has 1 aliphatic carbocycles. The van der Waals surface area contributed by atoms with Gasteiger partial charge in [-0.2, -0.15) is 0 Å². The number of aromatic nitrogens is 1. The predicted molar refractivity (Wildman–Crippen MR) is 103 cm³/mol. The number of anilines is 1. The number of benzene rings is 1. The number of aliphatic hydroxyl groups is 1. The van der Waals surface area contributed by atoms with E-state index in [1.54, 1.807) is 47.5 Å². The largest absolute Gasteiger partial charge is 0.386 e. The first-order valence-electron chi connectivity index (χ1n) is 9.48. The van der Waals surface area contributed by atoms with Gasteiger partial charge in [0.05, 0.1) is 18.2 Å². The smallest absolute Gasteiger partial charge is 0.257 e. The normalized spacial score (nSPS) is 20.7. The summed E-state index contributed by atoms with van der Waals surface area (Å²) in [6.07, 6.45) is 4.55. The number of carbonyl (C=O) groups excluding carboxylic acids is 2. The van der Waals surface area contributed by atoms with Crippen LogP contribution in [0.1, 0.15) is 34.9 Å². The molecule has 2 fully saturated rings. The van der Waals surface area contributed by atoms with Crippen LogP contribution in [0.2, 0.25) is 0 Å². The van der Waals surface area contributed by atoms with Crippen molar-refractivity contribution in [3.8, 4) is 0 Å². The van der Waals surface area contributed by atoms with Crippen LogP contribution >= 0.6 is 0 Å². The SMILES string of the molecule is O=C(Nc1ccc([C@@H](O)[C@H]2COCC(=O)N2CC2CC2)cc1)c1cccnc1. The van der Waals surface area contributed by atoms with Crippen molar-refractivity contribution in [2.24, 2.45) is 5.92 Å². The highest BCUT2D eigenvalue weighted by Gasteiger charge is 2.37. The molecule has 0 bridgehead atoms. The van der Waals surface area contributed by atoms with E-state index in [1.807, 2.05) is 0 Å². The fourth-order valence-electron chi connectivity index (χ4n) is 3.39. The van der Waals surface area contributed by atoms with Crippen molar-refractivity contribution in [3.63, 3.8) is 0 Å². The summed E-state index contributed by atoms with van der Waals surface area (Å²) < 4.78 is 5.38. The van der Waals surface area contributed by atoms with Crippen LogP contribution in [0.3, 0.4) is 0 Å². The van der Waals surface area contributed by atoms with E-state index < -0.39 is 12.1 Å². The zero-order valence-corrected chi connectivity index (χ0v) is 15.5. The van der Waals surface area contributed by atoms with Gasteiger partial charge < -0.3 is 20.1 Å². The Morgan fingerprint density at radius 1 is 1.29 bits per heavy atom. The van der Waals surface area contributed by atoms with Crippen LogP contribution in [-0.2, 0) is 9.53 Å². The third-order valence-electron chi connectivity index (χ3n) is 5.18. The van der Waals surface area contributed by atoms with E-state index >= 15 is 0 Å². The minimum Gasteiger partial charge on any atom is -0.386 e. The lowest BCUT2D eigenvalue weighted by atomic mass is 9.99. The zero-order valence-electron chi connectivity index (χ0n) is 15.5. The third-order valence-corrected chi connectivity index (χ3v) is 5.18. The number of hydrogen-bond donors (Lipinski definition) is 2. The van der Waals surface area contributed by atoms with Gasteiger partial charge in [-0.25, -0.2) is 0 Å². The van der Waals surface area contributed by atoms with Crippen molar-refractivity contribution in [1.29, 1.82) is 0 Å². The Hall–Kier alpha value is -2.77. The second-order valence-electron chi connectivity index (χ2n) is 7.33. The minimum absolute atomic E-state index is 0.0671. The van der Waals surface area contributed by atoms with E-state index in [2.05, 4.69) is 10.3 Å². The molecular formula is C21H23N3O4. The average molecular weight is 381 g/mol. The molecule has 2 atom stereocenters. The highest BCUT2D eigenvalue weighted by molar-refractivity contribution is 6.04. The molecule has 7 heteroatoms. The average Bonchev–Trinajstić information content (AvgIpc) is 3.54. The van der Waals surface area contributed by atoms with E-state index in [0.717, 1.165) is 12.8 Å². The van der Waals surface area contributed by atoms with Crippen LogP contribution in [0.15, 0.2) is 48.8 Å². The molecule has 146 valence electrons. The molecule has 1 aromatic heterocycles. The number of carbonyl (C=O) groups is 2. The summed E-state index contributed by atoms with van der Waals surface area (Å²) in [7, 11) is 0. The summed E-state index contributed by atoms with van der Waals surface area (Å²) in [6.45, 7) is 1.08. The number of nitrogens with zero attached hydrogens (tertiary/aromatic N) is 2. The number of morpholine rings is 1. The maximum absolute atomic E-state index is 12.3. The number of aliphatic hydroxyl groups excluding tert-OH is 1. The van der Waals surface area contributed by atoms with E-state index in [4.69, 9.17) is 4.74 Å². The number of ether oxygens (including phenoxy) is 1. The van der Waals surface area contributed by atoms with Gasteiger partial charge in [0.15, 0.2) is 0 Å². The Kier molecular flexibility index (Phi) is 5.36. The fourth-order valence-corrected chi connectivity index (χ4v) is 3.39. The van der Waals surface area contributed by atoms with E-state index in [9.17, 15) is 14.7 Å². The monoisotopic (exact) mass is 381 g/mol.